The lowest BCUT2D eigenvalue weighted by atomic mass is 10.2. The average molecular weight is 382 g/mol. The van der Waals surface area contributed by atoms with E-state index >= 15 is 0 Å². The van der Waals surface area contributed by atoms with Gasteiger partial charge in [-0.15, -0.1) is 11.3 Å². The molecule has 1 heterocycles. The molecule has 1 aromatic carbocycles. The first kappa shape index (κ1) is 19.4. The fraction of sp³-hybridized carbons (Fsp3) is 0.353. The minimum absolute atomic E-state index is 0.210. The molecule has 8 heteroatoms. The van der Waals surface area contributed by atoms with Gasteiger partial charge in [-0.05, 0) is 57.2 Å². The smallest absolute Gasteiger partial charge is 0.250 e. The Kier molecular flexibility index (Phi) is 6.57. The van der Waals surface area contributed by atoms with Crippen LogP contribution < -0.4 is 14.9 Å². The first-order valence-corrected chi connectivity index (χ1v) is 10.4. The number of nitrogens with one attached hydrogen (secondary N) is 2. The van der Waals surface area contributed by atoms with E-state index in [0.29, 0.717) is 5.69 Å². The molecular weight excluding hydrogens is 358 g/mol. The molecule has 0 radical (unpaired) electrons. The second-order valence-electron chi connectivity index (χ2n) is 5.46. The lowest BCUT2D eigenvalue weighted by molar-refractivity contribution is -0.115. The summed E-state index contributed by atoms with van der Waals surface area (Å²) in [7, 11) is -3.65. The molecule has 2 rings (SSSR count). The maximum atomic E-state index is 12.1. The Morgan fingerprint density at radius 3 is 2.24 bits per heavy atom. The number of carbonyl (C=O) groups excluding carboxylic acids is 1. The zero-order chi connectivity index (χ0) is 18.4. The normalized spacial score (nSPS) is 11.3. The van der Waals surface area contributed by atoms with Gasteiger partial charge in [0.05, 0.1) is 6.54 Å². The molecule has 136 valence electrons. The molecule has 25 heavy (non-hydrogen) atoms. The van der Waals surface area contributed by atoms with Crippen LogP contribution in [0.1, 0.15) is 18.7 Å². The van der Waals surface area contributed by atoms with Crippen LogP contribution in [-0.2, 0) is 14.8 Å². The summed E-state index contributed by atoms with van der Waals surface area (Å²) in [5.74, 6) is -0.410. The van der Waals surface area contributed by atoms with Gasteiger partial charge in [-0.25, -0.2) is 13.1 Å². The highest BCUT2D eigenvalue weighted by molar-refractivity contribution is 7.91. The lowest BCUT2D eigenvalue weighted by Gasteiger charge is -2.21. The Morgan fingerprint density at radius 2 is 1.72 bits per heavy atom. The molecule has 0 bridgehead atoms. The molecule has 2 N–H and O–H groups in total. The van der Waals surface area contributed by atoms with Crippen LogP contribution >= 0.6 is 11.3 Å². The van der Waals surface area contributed by atoms with E-state index in [0.717, 1.165) is 23.7 Å². The zero-order valence-electron chi connectivity index (χ0n) is 14.6. The predicted molar refractivity (Wildman–Crippen MR) is 103 cm³/mol. The number of hydrogen-bond acceptors (Lipinski definition) is 5. The molecular formula is C17H23N3O3S2. The summed E-state index contributed by atoms with van der Waals surface area (Å²) >= 11 is 1.17. The van der Waals surface area contributed by atoms with Crippen LogP contribution in [0.3, 0.4) is 0 Å². The van der Waals surface area contributed by atoms with Crippen molar-refractivity contribution in [3.63, 3.8) is 0 Å². The van der Waals surface area contributed by atoms with Gasteiger partial charge in [0, 0.05) is 29.3 Å². The summed E-state index contributed by atoms with van der Waals surface area (Å²) in [5.41, 5.74) is 1.71. The Balaban J connectivity index is 1.92. The van der Waals surface area contributed by atoms with Gasteiger partial charge in [0.25, 0.3) is 10.0 Å². The molecule has 0 fully saturated rings. The third-order valence-electron chi connectivity index (χ3n) is 3.68. The van der Waals surface area contributed by atoms with Crippen LogP contribution in [0, 0.1) is 6.92 Å². The number of amides is 1. The fourth-order valence-electron chi connectivity index (χ4n) is 2.34. The van der Waals surface area contributed by atoms with Crippen molar-refractivity contribution in [2.24, 2.45) is 0 Å². The van der Waals surface area contributed by atoms with Crippen molar-refractivity contribution in [3.8, 4) is 0 Å². The molecule has 0 aliphatic carbocycles. The van der Waals surface area contributed by atoms with Gasteiger partial charge >= 0.3 is 0 Å². The van der Waals surface area contributed by atoms with Crippen molar-refractivity contribution >= 4 is 38.6 Å². The minimum atomic E-state index is -3.65. The highest BCUT2D eigenvalue weighted by Crippen LogP contribution is 2.20. The lowest BCUT2D eigenvalue weighted by Crippen LogP contribution is -2.32. The quantitative estimate of drug-likeness (QED) is 0.737. The second kappa shape index (κ2) is 8.46. The number of benzene rings is 1. The van der Waals surface area contributed by atoms with Crippen molar-refractivity contribution in [2.45, 2.75) is 25.0 Å². The van der Waals surface area contributed by atoms with Crippen LogP contribution in [-0.4, -0.2) is 34.0 Å². The van der Waals surface area contributed by atoms with Gasteiger partial charge in [-0.2, -0.15) is 0 Å². The number of carbonyl (C=O) groups is 1. The molecule has 1 aromatic heterocycles. The van der Waals surface area contributed by atoms with E-state index in [9.17, 15) is 13.2 Å². The molecule has 6 nitrogen and oxygen atoms in total. The van der Waals surface area contributed by atoms with Gasteiger partial charge in [-0.1, -0.05) is 0 Å². The standard InChI is InChI=1S/C17H23N3O3S2/c1-4-20(5-2)15-9-7-14(8-10-15)19-16(21)12-18-25(22,23)17-11-6-13(3)24-17/h6-11,18H,4-5,12H2,1-3H3,(H,19,21). The highest BCUT2D eigenvalue weighted by atomic mass is 32.2. The summed E-state index contributed by atoms with van der Waals surface area (Å²) in [6.07, 6.45) is 0. The molecule has 0 aliphatic rings. The molecule has 0 saturated heterocycles. The average Bonchev–Trinajstić information content (AvgIpc) is 3.03. The number of sulfonamides is 1. The van der Waals surface area contributed by atoms with Crippen molar-refractivity contribution in [3.05, 3.63) is 41.3 Å². The molecule has 0 saturated carbocycles. The number of thiophene rings is 1. The van der Waals surface area contributed by atoms with E-state index in [1.165, 1.54) is 17.4 Å². The molecule has 0 atom stereocenters. The maximum absolute atomic E-state index is 12.1. The largest absolute Gasteiger partial charge is 0.372 e. The summed E-state index contributed by atoms with van der Waals surface area (Å²) < 4.78 is 26.7. The van der Waals surface area contributed by atoms with E-state index < -0.39 is 15.9 Å². The summed E-state index contributed by atoms with van der Waals surface area (Å²) in [6.45, 7) is 7.51. The Bertz CT molecular complexity index is 810. The van der Waals surface area contributed by atoms with Crippen LogP contribution in [0.5, 0.6) is 0 Å². The monoisotopic (exact) mass is 381 g/mol. The van der Waals surface area contributed by atoms with Crippen molar-refractivity contribution < 1.29 is 13.2 Å². The van der Waals surface area contributed by atoms with Crippen molar-refractivity contribution in [1.82, 2.24) is 4.72 Å². The topological polar surface area (TPSA) is 78.5 Å². The number of aryl methyl sites for hydroxylation is 1. The van der Waals surface area contributed by atoms with E-state index in [-0.39, 0.29) is 10.8 Å². The van der Waals surface area contributed by atoms with Gasteiger partial charge in [-0.3, -0.25) is 4.79 Å². The van der Waals surface area contributed by atoms with Crippen molar-refractivity contribution in [1.29, 1.82) is 0 Å². The summed E-state index contributed by atoms with van der Waals surface area (Å²) in [6, 6.07) is 10.7. The Labute approximate surface area is 152 Å². The van der Waals surface area contributed by atoms with E-state index in [1.807, 2.05) is 31.2 Å². The molecule has 0 spiro atoms. The highest BCUT2D eigenvalue weighted by Gasteiger charge is 2.17. The molecule has 0 unspecified atom stereocenters. The number of anilines is 2. The Hall–Kier alpha value is -1.90. The fourth-order valence-corrected chi connectivity index (χ4v) is 4.65. The van der Waals surface area contributed by atoms with Crippen LogP contribution in [0.4, 0.5) is 11.4 Å². The van der Waals surface area contributed by atoms with Gasteiger partial charge in [0.2, 0.25) is 5.91 Å². The first-order chi connectivity index (χ1) is 11.9. The molecule has 0 aliphatic heterocycles. The predicted octanol–water partition coefficient (Wildman–Crippen LogP) is 2.82. The van der Waals surface area contributed by atoms with E-state index in [2.05, 4.69) is 28.8 Å². The third-order valence-corrected chi connectivity index (χ3v) is 6.58. The van der Waals surface area contributed by atoms with Gasteiger partial charge in [0.15, 0.2) is 0 Å². The van der Waals surface area contributed by atoms with Crippen LogP contribution in [0.15, 0.2) is 40.6 Å². The van der Waals surface area contributed by atoms with Gasteiger partial charge < -0.3 is 10.2 Å². The molecule has 2 aromatic rings. The SMILES string of the molecule is CCN(CC)c1ccc(NC(=O)CNS(=O)(=O)c2ccc(C)s2)cc1. The maximum Gasteiger partial charge on any atom is 0.250 e. The van der Waals surface area contributed by atoms with Crippen molar-refractivity contribution in [2.75, 3.05) is 29.9 Å². The van der Waals surface area contributed by atoms with Crippen LogP contribution in [0.2, 0.25) is 0 Å². The Morgan fingerprint density at radius 1 is 1.08 bits per heavy atom. The zero-order valence-corrected chi connectivity index (χ0v) is 16.2. The second-order valence-corrected chi connectivity index (χ2v) is 8.74. The first-order valence-electron chi connectivity index (χ1n) is 8.06. The van der Waals surface area contributed by atoms with Gasteiger partial charge in [0.1, 0.15) is 4.21 Å². The van der Waals surface area contributed by atoms with Crippen LogP contribution in [0.25, 0.3) is 0 Å². The van der Waals surface area contributed by atoms with E-state index in [1.54, 1.807) is 6.07 Å². The number of rotatable bonds is 8. The summed E-state index contributed by atoms with van der Waals surface area (Å²) in [5, 5.41) is 2.69. The number of hydrogen-bond donors (Lipinski definition) is 2. The third kappa shape index (κ3) is 5.29. The minimum Gasteiger partial charge on any atom is -0.372 e. The summed E-state index contributed by atoms with van der Waals surface area (Å²) in [4.78, 5) is 15.1. The number of nitrogens with zero attached hydrogens (tertiary/aromatic N) is 1. The molecule has 1 amide bonds. The van der Waals surface area contributed by atoms with E-state index in [4.69, 9.17) is 0 Å².